The van der Waals surface area contributed by atoms with E-state index >= 15 is 19.2 Å². The summed E-state index contributed by atoms with van der Waals surface area (Å²) in [7, 11) is 7.02. The van der Waals surface area contributed by atoms with Gasteiger partial charge < -0.3 is 112 Å². The van der Waals surface area contributed by atoms with Crippen molar-refractivity contribution in [1.29, 1.82) is 0 Å². The number of nitrogens with two attached hydrogens (primary N) is 1. The van der Waals surface area contributed by atoms with Crippen LogP contribution in [0.4, 0.5) is 10.5 Å². The molecule has 12 rings (SSSR count). The number of para-hydroxylation sites is 1. The number of ether oxygens (including phenoxy) is 5. The number of aromatic nitrogens is 1. The fourth-order valence-electron chi connectivity index (χ4n) is 19.2. The van der Waals surface area contributed by atoms with Crippen LogP contribution < -0.4 is 68.5 Å². The number of likely N-dealkylation sites (N-methyl/N-ethyl adjacent to an activating group) is 2. The molecule has 4 bridgehead atoms. The van der Waals surface area contributed by atoms with Crippen molar-refractivity contribution < 1.29 is 116 Å². The monoisotopic (exact) mass is 2070 g/mol. The number of rotatable bonds is 36. The number of unbranched alkanes of at least 4 members (excludes halogenated alkanes) is 1. The third-order valence-corrected chi connectivity index (χ3v) is 29.6. The third-order valence-electron chi connectivity index (χ3n) is 28.0. The zero-order valence-corrected chi connectivity index (χ0v) is 86.2. The van der Waals surface area contributed by atoms with Gasteiger partial charge in [-0.1, -0.05) is 147 Å². The fraction of sp³-hybridized carbons (Fsp3) is 0.505. The zero-order chi connectivity index (χ0) is 107. The molecule has 4 saturated heterocycles. The third kappa shape index (κ3) is 28.6. The molecule has 0 radical (unpaired) electrons. The van der Waals surface area contributed by atoms with Gasteiger partial charge in [-0.2, -0.15) is 0 Å². The summed E-state index contributed by atoms with van der Waals surface area (Å²) in [6.45, 7) is 10.9. The Morgan fingerprint density at radius 1 is 0.721 bits per heavy atom. The normalized spacial score (nSPS) is 26.2. The predicted octanol–water partition coefficient (Wildman–Crippen LogP) is 4.12. The van der Waals surface area contributed by atoms with E-state index in [4.69, 9.17) is 41.0 Å². The molecule has 1 aromatic heterocycles. The van der Waals surface area contributed by atoms with E-state index in [1.807, 2.05) is 32.9 Å². The van der Waals surface area contributed by atoms with E-state index in [1.54, 1.807) is 123 Å². The number of thioether (sulfide) groups is 1. The molecule has 6 heterocycles. The number of fused-ring (bicyclic) bond motifs is 6. The van der Waals surface area contributed by atoms with E-state index in [2.05, 4.69) is 58.2 Å². The minimum absolute atomic E-state index is 0.0132. The maximum atomic E-state index is 15.8. The summed E-state index contributed by atoms with van der Waals surface area (Å²) in [5.41, 5.74) is 5.18. The zero-order valence-electron chi connectivity index (χ0n) is 84.6. The number of methoxy groups -OCH3 is 2. The number of phenols is 1. The molecule has 19 atom stereocenters. The van der Waals surface area contributed by atoms with Crippen molar-refractivity contribution in [3.8, 4) is 11.5 Å². The Hall–Kier alpha value is -13.3. The number of imide groups is 1. The molecule has 5 aromatic carbocycles. The van der Waals surface area contributed by atoms with E-state index in [1.165, 1.54) is 78.4 Å². The summed E-state index contributed by atoms with van der Waals surface area (Å²) in [5, 5.41) is 60.8. The van der Waals surface area contributed by atoms with Gasteiger partial charge in [-0.3, -0.25) is 77.3 Å². The highest BCUT2D eigenvalue weighted by Gasteiger charge is 2.67. The van der Waals surface area contributed by atoms with E-state index in [-0.39, 0.29) is 118 Å². The molecule has 42 heteroatoms. The molecule has 15 amide bonds. The second-order valence-corrected chi connectivity index (χ2v) is 41.0. The number of aliphatic hydroxyl groups excluding tert-OH is 1. The van der Waals surface area contributed by atoms with Crippen LogP contribution in [0.15, 0.2) is 151 Å². The van der Waals surface area contributed by atoms with Crippen LogP contribution >= 0.6 is 23.4 Å². The number of aliphatic hydroxyl groups is 2. The number of halogens is 1. The number of aromatic hydroxyl groups is 1. The van der Waals surface area contributed by atoms with Gasteiger partial charge in [0, 0.05) is 127 Å². The number of carbonyl (C=O) groups excluding carboxylic acids is 16. The first kappa shape index (κ1) is 112. The van der Waals surface area contributed by atoms with Gasteiger partial charge in [0.05, 0.1) is 43.2 Å². The van der Waals surface area contributed by atoms with Gasteiger partial charge in [-0.15, -0.1) is 11.8 Å². The summed E-state index contributed by atoms with van der Waals surface area (Å²) in [6.07, 6.45) is -1.27. The summed E-state index contributed by atoms with van der Waals surface area (Å²) in [4.78, 5) is 241. The molecular weight excluding hydrogens is 1940 g/mol. The SMILES string of the molecule is COc1cc2cc(c1Cl)N(C)C(=O)C[C@H](OC(=O)[C@H](C)N(C)C(=O)CCSC1CC(=O)N(CCCNC(=O)[C@H](CC(C)C)NC(=O)[C@H](Cc3ccccc3)NC(=O)CNC(=O)C[C@@H]3CC34C(=O)N[C@@H](Cc3ccc(O)cc3)C(=O)N[C@H](Cc3c[nH]c5ccccc35)C(=O)N[C@@H](CCCCN)C(=O)N[C@@H]([C@@H](C)O)C(=O)N[C@@H](Cc3ccccc3)C(=O)N4C)C1=O)[C@]1(C)O[C@H]1[C@H](C)[C@@H]1C[C@@](O)(NC(=O)O1)[C@H](OC)/C=C/C=C(\C)C2. The first-order chi connectivity index (χ1) is 70.0. The molecular formula is C105H135ClN16O24S. The van der Waals surface area contributed by atoms with Crippen LogP contribution in [0.3, 0.4) is 0 Å². The average Bonchev–Trinajstić information content (AvgIpc) is 1.56. The van der Waals surface area contributed by atoms with Crippen molar-refractivity contribution in [3.05, 3.63) is 184 Å². The van der Waals surface area contributed by atoms with Crippen molar-refractivity contribution >= 4 is 135 Å². The number of epoxide rings is 1. The number of nitrogens with zero attached hydrogens (tertiary/aromatic N) is 4. The van der Waals surface area contributed by atoms with Gasteiger partial charge in [0.15, 0.2) is 5.72 Å². The number of H-pyrrole nitrogens is 1. The van der Waals surface area contributed by atoms with Crippen LogP contribution in [0.2, 0.25) is 5.02 Å². The van der Waals surface area contributed by atoms with Crippen LogP contribution in [0.1, 0.15) is 147 Å². The van der Waals surface area contributed by atoms with E-state index in [0.29, 0.717) is 58.1 Å². The Kier molecular flexibility index (Phi) is 38.5. The van der Waals surface area contributed by atoms with E-state index < -0.39 is 227 Å². The van der Waals surface area contributed by atoms with Crippen molar-refractivity contribution in [2.24, 2.45) is 23.5 Å². The lowest BCUT2D eigenvalue weighted by Crippen LogP contribution is -2.64. The van der Waals surface area contributed by atoms with Crippen molar-refractivity contribution in [1.82, 2.24) is 72.9 Å². The summed E-state index contributed by atoms with van der Waals surface area (Å²) < 4.78 is 29.7. The minimum atomic E-state index is -2.03. The van der Waals surface area contributed by atoms with Gasteiger partial charge in [-0.05, 0) is 143 Å². The predicted molar refractivity (Wildman–Crippen MR) is 544 cm³/mol. The Bertz CT molecular complexity index is 5880. The molecule has 5 aliphatic heterocycles. The number of hydrogen-bond donors (Lipinski definition) is 15. The molecule has 147 heavy (non-hydrogen) atoms. The number of allylic oxidation sites excluding steroid dienone is 3. The van der Waals surface area contributed by atoms with E-state index in [9.17, 15) is 72.9 Å². The number of benzene rings is 5. The maximum absolute atomic E-state index is 15.8. The lowest BCUT2D eigenvalue weighted by Gasteiger charge is -2.42. The van der Waals surface area contributed by atoms with Crippen LogP contribution in [-0.4, -0.2) is 298 Å². The van der Waals surface area contributed by atoms with Gasteiger partial charge in [0.1, 0.15) is 94.3 Å². The van der Waals surface area contributed by atoms with Gasteiger partial charge in [0.25, 0.3) is 0 Å². The molecule has 792 valence electrons. The number of alkyl carbamates (subject to hydrolysis) is 1. The number of esters is 1. The van der Waals surface area contributed by atoms with Crippen LogP contribution in [0.25, 0.3) is 10.9 Å². The number of likely N-dealkylation sites (tertiary alicyclic amines) is 1. The molecule has 6 aromatic rings. The number of hydrogen-bond acceptors (Lipinski definition) is 26. The molecule has 40 nitrogen and oxygen atoms in total. The molecule has 6 aliphatic rings. The van der Waals surface area contributed by atoms with Crippen molar-refractivity contribution in [2.75, 3.05) is 72.2 Å². The largest absolute Gasteiger partial charge is 0.508 e. The highest BCUT2D eigenvalue weighted by molar-refractivity contribution is 8.00. The summed E-state index contributed by atoms with van der Waals surface area (Å²) in [6, 6.07) is 21.9. The number of aromatic amines is 1. The quantitative estimate of drug-likeness (QED) is 0.0114. The summed E-state index contributed by atoms with van der Waals surface area (Å²) in [5.74, 6) is -13.4. The fourth-order valence-corrected chi connectivity index (χ4v) is 20.6. The molecule has 16 N–H and O–H groups in total. The highest BCUT2D eigenvalue weighted by Crippen LogP contribution is 2.52. The smallest absolute Gasteiger partial charge is 0.409 e. The lowest BCUT2D eigenvalue weighted by molar-refractivity contribution is -0.162. The summed E-state index contributed by atoms with van der Waals surface area (Å²) >= 11 is 7.96. The minimum Gasteiger partial charge on any atom is -0.508 e. The Morgan fingerprint density at radius 3 is 2.05 bits per heavy atom. The number of anilines is 1. The maximum Gasteiger partial charge on any atom is 0.409 e. The number of carbonyl (C=O) groups is 16. The van der Waals surface area contributed by atoms with Gasteiger partial charge in [-0.25, -0.2) is 9.59 Å². The number of amides is 15. The molecule has 1 aliphatic carbocycles. The molecule has 1 saturated carbocycles. The molecule has 1 spiro atoms. The first-order valence-electron chi connectivity index (χ1n) is 49.5. The van der Waals surface area contributed by atoms with Crippen LogP contribution in [-0.2, 0) is 123 Å². The highest BCUT2D eigenvalue weighted by atomic mass is 35.5. The molecule has 5 fully saturated rings. The Labute approximate surface area is 862 Å². The van der Waals surface area contributed by atoms with Gasteiger partial charge >= 0.3 is 12.1 Å². The van der Waals surface area contributed by atoms with Crippen molar-refractivity contribution in [3.63, 3.8) is 0 Å². The van der Waals surface area contributed by atoms with Crippen LogP contribution in [0.5, 0.6) is 11.5 Å². The van der Waals surface area contributed by atoms with Crippen molar-refractivity contribution in [2.45, 2.75) is 252 Å². The standard InChI is InChI=1S/C105H135ClN16O24S/c1-58(2)43-73(92(130)108-40-24-41-122-88(129)52-81(99(122)137)147-42-38-86(127)119(8)61(5)100(138)145-83-53-87(128)120(9)78-48-66(49-79(142-11)89(78)106)44-59(3)25-23-33-82(143-12)105(141)55-80(144-102(140)118-105)60(4)91-103(83,7)146-91)113-94(132)74(45-63-26-15-13-16-27-63)111-85(126)57-110-84(125)51-68-54-104(68)101(139)116-75(46-65-34-36-69(124)37-35-65)95(133)114-76(50-67-56-109-71-31-20-19-30-70(67)71)96(134)112-72(32-21-22-39-107)93(131)117-90(62(6)123)97(135)115-77(98(136)121(104)10)47-64-28-17-14-18-29-64/h13-20,23,25-31,33-37,48-49,56,58,60-62,68,72-77,80-83,90-91,109,123-124,141H,21-22,24,32,38-47,50-55,57,107H2,1-12H3,(H,108,130)(H,110,125)(H,111,126)(H,112,134)(H,113,132)(H,114,133)(H,115,135)(H,116,139)(H,117,131)(H,118,140)/b33-23+,59-25+/t60-,61+,62-,68-,72+,73+,74+,75+,76-,77+,80+,81?,82-,83+,90+,91+,103+,104?,105+/m1/s1. The Morgan fingerprint density at radius 2 is 1.37 bits per heavy atom. The Balaban J connectivity index is 0.675. The van der Waals surface area contributed by atoms with Crippen LogP contribution in [0, 0.1) is 17.8 Å². The van der Waals surface area contributed by atoms with E-state index in [0.717, 1.165) is 37.6 Å². The number of nitrogens with one attached hydrogen (secondary N) is 11. The molecule has 2 unspecified atom stereocenters. The second kappa shape index (κ2) is 50.4. The topological polar surface area (TPSA) is 558 Å². The first-order valence-corrected chi connectivity index (χ1v) is 50.9. The number of phenolic OH excluding ortho intramolecular Hbond substituents is 1. The average molecular weight is 2070 g/mol. The second-order valence-electron chi connectivity index (χ2n) is 39.3. The lowest BCUT2D eigenvalue weighted by atomic mass is 9.83. The van der Waals surface area contributed by atoms with Gasteiger partial charge in [0.2, 0.25) is 82.7 Å².